The maximum Gasteiger partial charge on any atom is 0.137 e. The van der Waals surface area contributed by atoms with E-state index in [1.165, 1.54) is 64.2 Å². The first-order chi connectivity index (χ1) is 9.55. The zero-order valence-electron chi connectivity index (χ0n) is 12.1. The fraction of sp³-hybridized carbons (Fsp3) is 0.875. The van der Waals surface area contributed by atoms with Crippen LogP contribution in [0.25, 0.3) is 0 Å². The Morgan fingerprint density at radius 2 is 1.25 bits per heavy atom. The minimum Gasteiger partial charge on any atom is -0.388 e. The highest BCUT2D eigenvalue weighted by atomic mass is 32.1. The van der Waals surface area contributed by atoms with E-state index < -0.39 is 0 Å². The fourth-order valence-electron chi connectivity index (χ4n) is 5.99. The van der Waals surface area contributed by atoms with Gasteiger partial charge in [-0.1, -0.05) is 24.4 Å². The van der Waals surface area contributed by atoms with E-state index in [1.807, 2.05) is 0 Å². The summed E-state index contributed by atoms with van der Waals surface area (Å²) in [4.78, 5) is 3.89. The number of nitrogens with two attached hydrogens (primary N) is 1. The number of hydrogen-bond donors (Lipinski definition) is 1. The van der Waals surface area contributed by atoms with E-state index in [-0.39, 0.29) is 0 Å². The molecule has 0 unspecified atom stereocenters. The molecule has 4 fully saturated rings. The monoisotopic (exact) mass is 308 g/mol. The van der Waals surface area contributed by atoms with Crippen molar-refractivity contribution in [2.24, 2.45) is 17.6 Å². The van der Waals surface area contributed by atoms with Crippen molar-refractivity contribution in [3.05, 3.63) is 0 Å². The smallest absolute Gasteiger partial charge is 0.137 e. The topological polar surface area (TPSA) is 29.3 Å². The standard InChI is InChI=1S/C16H24N2S2/c17-13(19)14(20)18(15-5-1-11(9-15)2-6-15)16-7-3-12(10-16)4-8-16/h11-12H,1-10H2,(H2,17,19). The molecule has 2 N–H and O–H groups in total. The first-order valence-electron chi connectivity index (χ1n) is 8.19. The molecule has 4 heteroatoms. The first kappa shape index (κ1) is 13.4. The van der Waals surface area contributed by atoms with Crippen molar-refractivity contribution in [2.45, 2.75) is 75.3 Å². The number of thiocarbonyl (C=S) groups is 2. The molecule has 4 rings (SSSR count). The summed E-state index contributed by atoms with van der Waals surface area (Å²) in [5.74, 6) is 1.86. The summed E-state index contributed by atoms with van der Waals surface area (Å²) in [6, 6.07) is 0. The Balaban J connectivity index is 1.74. The van der Waals surface area contributed by atoms with Gasteiger partial charge in [0, 0.05) is 11.1 Å². The van der Waals surface area contributed by atoms with Crippen molar-refractivity contribution >= 4 is 34.4 Å². The highest BCUT2D eigenvalue weighted by Gasteiger charge is 2.59. The third-order valence-electron chi connectivity index (χ3n) is 6.77. The lowest BCUT2D eigenvalue weighted by molar-refractivity contribution is 0.0614. The highest BCUT2D eigenvalue weighted by molar-refractivity contribution is 7.89. The SMILES string of the molecule is NC(=S)C(=S)N(C12CCC(CC1)C2)C12CCC(CC1)C2. The van der Waals surface area contributed by atoms with Gasteiger partial charge in [-0.15, -0.1) is 0 Å². The van der Waals surface area contributed by atoms with Gasteiger partial charge in [-0.3, -0.25) is 0 Å². The van der Waals surface area contributed by atoms with E-state index in [4.69, 9.17) is 30.2 Å². The van der Waals surface area contributed by atoms with Crippen molar-refractivity contribution in [1.29, 1.82) is 0 Å². The molecule has 0 aromatic rings. The maximum atomic E-state index is 5.98. The van der Waals surface area contributed by atoms with Crippen LogP contribution in [0.3, 0.4) is 0 Å². The average Bonchev–Trinajstić information content (AvgIpc) is 3.18. The molecular formula is C16H24N2S2. The Hall–Kier alpha value is -0.220. The maximum absolute atomic E-state index is 5.98. The Morgan fingerprint density at radius 1 is 0.850 bits per heavy atom. The molecule has 4 aliphatic carbocycles. The summed E-state index contributed by atoms with van der Waals surface area (Å²) in [7, 11) is 0. The molecule has 0 aromatic heterocycles. The summed E-state index contributed by atoms with van der Waals surface area (Å²) in [5, 5.41) is 0. The van der Waals surface area contributed by atoms with Crippen LogP contribution >= 0.6 is 24.4 Å². The Bertz CT molecular complexity index is 427. The average molecular weight is 309 g/mol. The van der Waals surface area contributed by atoms with E-state index in [0.29, 0.717) is 16.1 Å². The van der Waals surface area contributed by atoms with Gasteiger partial charge in [0.05, 0.1) is 0 Å². The first-order valence-corrected chi connectivity index (χ1v) is 9.01. The predicted octanol–water partition coefficient (Wildman–Crippen LogP) is 3.57. The molecule has 0 saturated heterocycles. The summed E-state index contributed by atoms with van der Waals surface area (Å²) in [6.07, 6.45) is 13.5. The van der Waals surface area contributed by atoms with E-state index in [2.05, 4.69) is 4.90 Å². The van der Waals surface area contributed by atoms with Crippen LogP contribution in [0, 0.1) is 11.8 Å². The van der Waals surface area contributed by atoms with Crippen molar-refractivity contribution in [3.63, 3.8) is 0 Å². The number of hydrogen-bond acceptors (Lipinski definition) is 2. The second-order valence-electron chi connectivity index (χ2n) is 7.75. The van der Waals surface area contributed by atoms with Gasteiger partial charge < -0.3 is 10.6 Å². The second kappa shape index (κ2) is 4.39. The van der Waals surface area contributed by atoms with Gasteiger partial charge in [0.1, 0.15) is 9.98 Å². The molecule has 110 valence electrons. The molecule has 0 aromatic carbocycles. The summed E-state index contributed by atoms with van der Waals surface area (Å²) < 4.78 is 0. The fourth-order valence-corrected chi connectivity index (χ4v) is 6.47. The number of fused-ring (bicyclic) bond motifs is 4. The third-order valence-corrected chi connectivity index (χ3v) is 7.50. The highest BCUT2D eigenvalue weighted by Crippen LogP contribution is 2.59. The Morgan fingerprint density at radius 3 is 1.50 bits per heavy atom. The molecule has 2 nitrogen and oxygen atoms in total. The Kier molecular flexibility index (Phi) is 2.95. The Labute approximate surface area is 132 Å². The molecule has 4 aliphatic rings. The normalized spacial score (nSPS) is 45.0. The van der Waals surface area contributed by atoms with Crippen molar-refractivity contribution in [2.75, 3.05) is 0 Å². The van der Waals surface area contributed by atoms with Gasteiger partial charge in [0.2, 0.25) is 0 Å². The molecular weight excluding hydrogens is 284 g/mol. The quantitative estimate of drug-likeness (QED) is 0.790. The molecule has 0 atom stereocenters. The number of nitrogens with zero attached hydrogens (tertiary/aromatic N) is 1. The lowest BCUT2D eigenvalue weighted by Crippen LogP contribution is -2.61. The largest absolute Gasteiger partial charge is 0.388 e. The van der Waals surface area contributed by atoms with Crippen LogP contribution in [0.5, 0.6) is 0 Å². The molecule has 4 saturated carbocycles. The zero-order chi connectivity index (χ0) is 14.0. The second-order valence-corrected chi connectivity index (χ2v) is 8.58. The van der Waals surface area contributed by atoms with Crippen LogP contribution in [0.1, 0.15) is 64.2 Å². The van der Waals surface area contributed by atoms with Crippen molar-refractivity contribution in [1.82, 2.24) is 4.90 Å². The van der Waals surface area contributed by atoms with Crippen LogP contribution in [0.4, 0.5) is 0 Å². The van der Waals surface area contributed by atoms with Crippen LogP contribution in [0.2, 0.25) is 0 Å². The van der Waals surface area contributed by atoms with Crippen LogP contribution in [-0.4, -0.2) is 26.0 Å². The van der Waals surface area contributed by atoms with E-state index in [0.717, 1.165) is 16.8 Å². The summed E-state index contributed by atoms with van der Waals surface area (Å²) >= 11 is 11.0. The van der Waals surface area contributed by atoms with Crippen LogP contribution in [-0.2, 0) is 0 Å². The predicted molar refractivity (Wildman–Crippen MR) is 89.8 cm³/mol. The molecule has 0 heterocycles. The minimum atomic E-state index is 0.310. The number of rotatable bonds is 2. The van der Waals surface area contributed by atoms with Gasteiger partial charge in [-0.2, -0.15) is 0 Å². The molecule has 0 amide bonds. The van der Waals surface area contributed by atoms with Crippen molar-refractivity contribution < 1.29 is 0 Å². The molecule has 0 aliphatic heterocycles. The molecule has 4 bridgehead atoms. The third kappa shape index (κ3) is 1.73. The van der Waals surface area contributed by atoms with Gasteiger partial charge in [-0.25, -0.2) is 0 Å². The lowest BCUT2D eigenvalue weighted by Gasteiger charge is -2.52. The zero-order valence-corrected chi connectivity index (χ0v) is 13.7. The lowest BCUT2D eigenvalue weighted by atomic mass is 9.83. The minimum absolute atomic E-state index is 0.310. The van der Waals surface area contributed by atoms with E-state index in [9.17, 15) is 0 Å². The van der Waals surface area contributed by atoms with Crippen molar-refractivity contribution in [3.8, 4) is 0 Å². The van der Waals surface area contributed by atoms with Crippen LogP contribution in [0.15, 0.2) is 0 Å². The molecule has 20 heavy (non-hydrogen) atoms. The molecule has 0 radical (unpaired) electrons. The van der Waals surface area contributed by atoms with Gasteiger partial charge in [-0.05, 0) is 76.0 Å². The molecule has 0 spiro atoms. The van der Waals surface area contributed by atoms with Gasteiger partial charge >= 0.3 is 0 Å². The van der Waals surface area contributed by atoms with E-state index >= 15 is 0 Å². The van der Waals surface area contributed by atoms with Gasteiger partial charge in [0.15, 0.2) is 0 Å². The van der Waals surface area contributed by atoms with Gasteiger partial charge in [0.25, 0.3) is 0 Å². The summed E-state index contributed by atoms with van der Waals surface area (Å²) in [5.41, 5.74) is 6.59. The van der Waals surface area contributed by atoms with Crippen LogP contribution < -0.4 is 5.73 Å². The summed E-state index contributed by atoms with van der Waals surface area (Å²) in [6.45, 7) is 0. The van der Waals surface area contributed by atoms with E-state index in [1.54, 1.807) is 0 Å².